The Balaban J connectivity index is 2.27. The first-order chi connectivity index (χ1) is 7.92. The number of nitrogens with two attached hydrogens (primary N) is 1. The van der Waals surface area contributed by atoms with Crippen molar-refractivity contribution in [3.8, 4) is 0 Å². The number of hydrogen-bond acceptors (Lipinski definition) is 3. The number of nitrogens with one attached hydrogen (secondary N) is 1. The molecule has 2 rings (SSSR count). The average Bonchev–Trinajstić information content (AvgIpc) is 2.56. The van der Waals surface area contributed by atoms with E-state index in [0.717, 1.165) is 18.7 Å². The van der Waals surface area contributed by atoms with Gasteiger partial charge in [-0.1, -0.05) is 23.2 Å². The van der Waals surface area contributed by atoms with Gasteiger partial charge < -0.3 is 15.8 Å². The third-order valence-corrected chi connectivity index (χ3v) is 4.12. The Labute approximate surface area is 111 Å². The molecule has 1 aromatic rings. The van der Waals surface area contributed by atoms with Crippen LogP contribution in [0.4, 0.5) is 11.4 Å². The SMILES string of the molecule is CC1OCCC1(C)Nc1cc(Cl)c(Cl)cc1N. The van der Waals surface area contributed by atoms with E-state index < -0.39 is 0 Å². The molecule has 1 saturated heterocycles. The highest BCUT2D eigenvalue weighted by Gasteiger charge is 2.37. The second kappa shape index (κ2) is 4.56. The topological polar surface area (TPSA) is 47.3 Å². The lowest BCUT2D eigenvalue weighted by Gasteiger charge is -2.30. The zero-order valence-corrected chi connectivity index (χ0v) is 11.4. The smallest absolute Gasteiger partial charge is 0.0774 e. The zero-order valence-electron chi connectivity index (χ0n) is 9.89. The maximum absolute atomic E-state index is 5.99. The van der Waals surface area contributed by atoms with Gasteiger partial charge in [0.15, 0.2) is 0 Å². The van der Waals surface area contributed by atoms with Gasteiger partial charge in [-0.05, 0) is 32.4 Å². The molecule has 94 valence electrons. The predicted molar refractivity (Wildman–Crippen MR) is 72.9 cm³/mol. The number of halogens is 2. The summed E-state index contributed by atoms with van der Waals surface area (Å²) in [5.74, 6) is 0. The van der Waals surface area contributed by atoms with Crippen molar-refractivity contribution in [2.24, 2.45) is 0 Å². The molecule has 0 aliphatic carbocycles. The molecule has 2 unspecified atom stereocenters. The fourth-order valence-corrected chi connectivity index (χ4v) is 2.31. The number of nitrogen functional groups attached to an aromatic ring is 1. The molecule has 3 N–H and O–H groups in total. The van der Waals surface area contributed by atoms with Crippen LogP contribution in [0.5, 0.6) is 0 Å². The van der Waals surface area contributed by atoms with Gasteiger partial charge in [-0.3, -0.25) is 0 Å². The second-order valence-electron chi connectivity index (χ2n) is 4.66. The van der Waals surface area contributed by atoms with Crippen LogP contribution in [0.1, 0.15) is 20.3 Å². The Morgan fingerprint density at radius 3 is 2.65 bits per heavy atom. The standard InChI is InChI=1S/C12H16Cl2N2O/c1-7-12(2,3-4-17-7)16-11-6-9(14)8(13)5-10(11)15/h5-7,16H,3-4,15H2,1-2H3. The number of anilines is 2. The minimum Gasteiger partial charge on any atom is -0.397 e. The fourth-order valence-electron chi connectivity index (χ4n) is 1.98. The molecular formula is C12H16Cl2N2O. The molecule has 1 heterocycles. The van der Waals surface area contributed by atoms with Gasteiger partial charge in [-0.25, -0.2) is 0 Å². The molecular weight excluding hydrogens is 259 g/mol. The lowest BCUT2D eigenvalue weighted by Crippen LogP contribution is -2.41. The van der Waals surface area contributed by atoms with Gasteiger partial charge in [0, 0.05) is 6.61 Å². The lowest BCUT2D eigenvalue weighted by atomic mass is 9.94. The van der Waals surface area contributed by atoms with E-state index in [4.69, 9.17) is 33.7 Å². The molecule has 3 nitrogen and oxygen atoms in total. The Kier molecular flexibility index (Phi) is 3.43. The molecule has 0 spiro atoms. The van der Waals surface area contributed by atoms with Crippen LogP contribution < -0.4 is 11.1 Å². The summed E-state index contributed by atoms with van der Waals surface area (Å²) >= 11 is 11.9. The van der Waals surface area contributed by atoms with Crippen molar-refractivity contribution in [2.45, 2.75) is 31.9 Å². The summed E-state index contributed by atoms with van der Waals surface area (Å²) in [6, 6.07) is 3.42. The van der Waals surface area contributed by atoms with Crippen LogP contribution in [-0.2, 0) is 4.74 Å². The van der Waals surface area contributed by atoms with Crippen LogP contribution in [0.15, 0.2) is 12.1 Å². The number of benzene rings is 1. The first-order valence-corrected chi connectivity index (χ1v) is 6.32. The third-order valence-electron chi connectivity index (χ3n) is 3.40. The summed E-state index contributed by atoms with van der Waals surface area (Å²) in [4.78, 5) is 0. The summed E-state index contributed by atoms with van der Waals surface area (Å²) < 4.78 is 5.57. The van der Waals surface area contributed by atoms with Gasteiger partial charge in [0.1, 0.15) is 0 Å². The molecule has 1 aliphatic rings. The van der Waals surface area contributed by atoms with Gasteiger partial charge in [-0.2, -0.15) is 0 Å². The molecule has 0 bridgehead atoms. The van der Waals surface area contributed by atoms with E-state index in [9.17, 15) is 0 Å². The first kappa shape index (κ1) is 12.8. The van der Waals surface area contributed by atoms with Crippen molar-refractivity contribution in [1.29, 1.82) is 0 Å². The highest BCUT2D eigenvalue weighted by atomic mass is 35.5. The molecule has 0 saturated carbocycles. The number of rotatable bonds is 2. The number of ether oxygens (including phenoxy) is 1. The molecule has 0 aromatic heterocycles. The molecule has 17 heavy (non-hydrogen) atoms. The van der Waals surface area contributed by atoms with Crippen LogP contribution in [0, 0.1) is 0 Å². The molecule has 0 amide bonds. The van der Waals surface area contributed by atoms with E-state index in [-0.39, 0.29) is 11.6 Å². The molecule has 5 heteroatoms. The van der Waals surface area contributed by atoms with Gasteiger partial charge in [-0.15, -0.1) is 0 Å². The largest absolute Gasteiger partial charge is 0.397 e. The molecule has 1 aliphatic heterocycles. The highest BCUT2D eigenvalue weighted by molar-refractivity contribution is 6.42. The van der Waals surface area contributed by atoms with Gasteiger partial charge in [0.2, 0.25) is 0 Å². The monoisotopic (exact) mass is 274 g/mol. The molecule has 1 fully saturated rings. The minimum atomic E-state index is -0.120. The first-order valence-electron chi connectivity index (χ1n) is 5.57. The average molecular weight is 275 g/mol. The third kappa shape index (κ3) is 2.46. The van der Waals surface area contributed by atoms with Crippen molar-refractivity contribution in [2.75, 3.05) is 17.7 Å². The van der Waals surface area contributed by atoms with Crippen LogP contribution in [0.3, 0.4) is 0 Å². The van der Waals surface area contributed by atoms with Crippen LogP contribution >= 0.6 is 23.2 Å². The van der Waals surface area contributed by atoms with Crippen LogP contribution in [0.2, 0.25) is 10.0 Å². The summed E-state index contributed by atoms with van der Waals surface area (Å²) in [5.41, 5.74) is 7.21. The maximum Gasteiger partial charge on any atom is 0.0774 e. The van der Waals surface area contributed by atoms with Crippen molar-refractivity contribution in [1.82, 2.24) is 0 Å². The van der Waals surface area contributed by atoms with E-state index in [0.29, 0.717) is 15.7 Å². The Hall–Kier alpha value is -0.640. The van der Waals surface area contributed by atoms with Crippen LogP contribution in [-0.4, -0.2) is 18.2 Å². The van der Waals surface area contributed by atoms with Gasteiger partial charge in [0.25, 0.3) is 0 Å². The van der Waals surface area contributed by atoms with E-state index in [1.54, 1.807) is 12.1 Å². The maximum atomic E-state index is 5.99. The van der Waals surface area contributed by atoms with E-state index in [1.165, 1.54) is 0 Å². The van der Waals surface area contributed by atoms with E-state index in [2.05, 4.69) is 12.2 Å². The lowest BCUT2D eigenvalue weighted by molar-refractivity contribution is 0.105. The van der Waals surface area contributed by atoms with Crippen molar-refractivity contribution in [3.63, 3.8) is 0 Å². The van der Waals surface area contributed by atoms with Crippen molar-refractivity contribution < 1.29 is 4.74 Å². The zero-order chi connectivity index (χ0) is 12.6. The normalized spacial score (nSPS) is 28.4. The number of hydrogen-bond donors (Lipinski definition) is 2. The Morgan fingerprint density at radius 1 is 1.41 bits per heavy atom. The summed E-state index contributed by atoms with van der Waals surface area (Å²) in [6.45, 7) is 4.92. The molecule has 1 aromatic carbocycles. The minimum absolute atomic E-state index is 0.120. The fraction of sp³-hybridized carbons (Fsp3) is 0.500. The van der Waals surface area contributed by atoms with Gasteiger partial charge >= 0.3 is 0 Å². The van der Waals surface area contributed by atoms with Crippen LogP contribution in [0.25, 0.3) is 0 Å². The Morgan fingerprint density at radius 2 is 2.06 bits per heavy atom. The van der Waals surface area contributed by atoms with Crippen molar-refractivity contribution in [3.05, 3.63) is 22.2 Å². The van der Waals surface area contributed by atoms with E-state index >= 15 is 0 Å². The summed E-state index contributed by atoms with van der Waals surface area (Å²) in [5, 5.41) is 4.38. The second-order valence-corrected chi connectivity index (χ2v) is 5.47. The Bertz CT molecular complexity index is 439. The highest BCUT2D eigenvalue weighted by Crippen LogP contribution is 2.35. The molecule has 2 atom stereocenters. The van der Waals surface area contributed by atoms with Crippen molar-refractivity contribution >= 4 is 34.6 Å². The predicted octanol–water partition coefficient (Wildman–Crippen LogP) is 3.56. The molecule has 0 radical (unpaired) electrons. The summed E-state index contributed by atoms with van der Waals surface area (Å²) in [7, 11) is 0. The quantitative estimate of drug-likeness (QED) is 0.811. The van der Waals surface area contributed by atoms with Gasteiger partial charge in [0.05, 0.1) is 33.1 Å². The summed E-state index contributed by atoms with van der Waals surface area (Å²) in [6.07, 6.45) is 1.07. The van der Waals surface area contributed by atoms with E-state index in [1.807, 2.05) is 6.92 Å².